The van der Waals surface area contributed by atoms with Crippen molar-refractivity contribution in [2.24, 2.45) is 5.92 Å². The van der Waals surface area contributed by atoms with Crippen molar-refractivity contribution in [3.63, 3.8) is 0 Å². The number of nitrogens with one attached hydrogen (secondary N) is 2. The molecule has 3 atom stereocenters. The van der Waals surface area contributed by atoms with Gasteiger partial charge >= 0.3 is 11.9 Å². The minimum absolute atomic E-state index is 0.0116. The maximum Gasteiger partial charge on any atom is 0.326 e. The Morgan fingerprint density at radius 3 is 1.87 bits per heavy atom. The summed E-state index contributed by atoms with van der Waals surface area (Å²) in [6.07, 6.45) is 18.8. The summed E-state index contributed by atoms with van der Waals surface area (Å²) in [5.74, 6) is -2.45. The summed E-state index contributed by atoms with van der Waals surface area (Å²) in [5.41, 5.74) is 0.739. The smallest absolute Gasteiger partial charge is 0.326 e. The zero-order valence-electron chi connectivity index (χ0n) is 29.3. The summed E-state index contributed by atoms with van der Waals surface area (Å²) in [4.78, 5) is 47.6. The van der Waals surface area contributed by atoms with Gasteiger partial charge in [-0.1, -0.05) is 103 Å². The Bertz CT molecular complexity index is 1020. The van der Waals surface area contributed by atoms with Gasteiger partial charge in [-0.15, -0.1) is 5.10 Å². The van der Waals surface area contributed by atoms with Gasteiger partial charge in [0.25, 0.3) is 0 Å². The van der Waals surface area contributed by atoms with Gasteiger partial charge in [-0.3, -0.25) is 24.4 Å². The summed E-state index contributed by atoms with van der Waals surface area (Å²) in [6.45, 7) is 6.51. The lowest BCUT2D eigenvalue weighted by Crippen LogP contribution is -2.45. The Morgan fingerprint density at radius 2 is 1.32 bits per heavy atom. The fourth-order valence-corrected chi connectivity index (χ4v) is 5.47. The first kappa shape index (κ1) is 42.2. The molecule has 270 valence electrons. The lowest BCUT2D eigenvalue weighted by atomic mass is 10.0. The molecule has 1 unspecified atom stereocenters. The summed E-state index contributed by atoms with van der Waals surface area (Å²) in [6, 6.07) is -2.16. The van der Waals surface area contributed by atoms with Crippen molar-refractivity contribution >= 4 is 23.6 Å². The minimum Gasteiger partial charge on any atom is -0.480 e. The number of aliphatic carboxylic acids is 2. The highest BCUT2D eigenvalue weighted by Gasteiger charge is 2.24. The van der Waals surface area contributed by atoms with E-state index in [-0.39, 0.29) is 43.3 Å². The third-order valence-electron chi connectivity index (χ3n) is 8.55. The summed E-state index contributed by atoms with van der Waals surface area (Å²) in [5, 5.41) is 42.9. The van der Waals surface area contributed by atoms with E-state index in [9.17, 15) is 34.5 Å². The van der Waals surface area contributed by atoms with Gasteiger partial charge < -0.3 is 20.6 Å². The molecule has 5 N–H and O–H groups in total. The van der Waals surface area contributed by atoms with Gasteiger partial charge in [0, 0.05) is 37.9 Å². The number of carbonyl (C=O) groups excluding carboxylic acids is 2. The number of aryl methyl sites for hydroxylation is 2. The van der Waals surface area contributed by atoms with E-state index in [1.165, 1.54) is 57.8 Å². The maximum absolute atomic E-state index is 12.4. The molecule has 0 fully saturated rings. The van der Waals surface area contributed by atoms with E-state index >= 15 is 0 Å². The Balaban J connectivity index is 2.24. The average molecular weight is 666 g/mol. The predicted molar refractivity (Wildman–Crippen MR) is 182 cm³/mol. The second-order valence-electron chi connectivity index (χ2n) is 13.2. The standard InChI is InChI=1S/C35H63N5O7/c1-4-5-6-7-8-9-10-11-12-13-14-15-16-20-32(42)37-30(35(46)47)22-24-33(43)36-29(34(44)45)19-17-18-25-40-26-28(38-39-40)21-23-31(41)27(2)3/h26-27,29-30,33,36,43H,4-25H2,1-3H3,(H,37,42)(H,44,45)(H,46,47)/t29-,30-,33?/m0/s1. The lowest BCUT2D eigenvalue weighted by molar-refractivity contribution is -0.143. The number of carbonyl (C=O) groups is 4. The second-order valence-corrected chi connectivity index (χ2v) is 13.2. The van der Waals surface area contributed by atoms with E-state index in [2.05, 4.69) is 27.9 Å². The van der Waals surface area contributed by atoms with Crippen molar-refractivity contribution in [3.8, 4) is 0 Å². The molecule has 1 aromatic rings. The number of unbranched alkanes of at least 4 members (excludes halogenated alkanes) is 13. The van der Waals surface area contributed by atoms with Crippen LogP contribution in [0.5, 0.6) is 0 Å². The molecule has 0 aliphatic heterocycles. The maximum atomic E-state index is 12.4. The SMILES string of the molecule is CCCCCCCCCCCCCCCC(=O)N[C@@H](CCC(O)N[C@@H](CCCCn1cc(CCC(=O)C(C)C)nn1)C(=O)O)C(=O)O. The number of rotatable bonds is 31. The topological polar surface area (TPSA) is 184 Å². The second kappa shape index (κ2) is 26.1. The van der Waals surface area contributed by atoms with Gasteiger partial charge in [0.2, 0.25) is 5.91 Å². The highest BCUT2D eigenvalue weighted by Crippen LogP contribution is 2.14. The van der Waals surface area contributed by atoms with Crippen molar-refractivity contribution in [3.05, 3.63) is 11.9 Å². The monoisotopic (exact) mass is 665 g/mol. The van der Waals surface area contributed by atoms with E-state index in [1.807, 2.05) is 13.8 Å². The number of aromatic nitrogens is 3. The van der Waals surface area contributed by atoms with Crippen LogP contribution >= 0.6 is 0 Å². The van der Waals surface area contributed by atoms with Gasteiger partial charge in [0.05, 0.1) is 5.69 Å². The molecule has 12 nitrogen and oxygen atoms in total. The number of hydrogen-bond acceptors (Lipinski definition) is 8. The van der Waals surface area contributed by atoms with Gasteiger partial charge in [-0.25, -0.2) is 4.79 Å². The third kappa shape index (κ3) is 21.6. The third-order valence-corrected chi connectivity index (χ3v) is 8.55. The highest BCUT2D eigenvalue weighted by molar-refractivity contribution is 5.83. The van der Waals surface area contributed by atoms with Crippen molar-refractivity contribution in [1.29, 1.82) is 0 Å². The molecule has 0 aliphatic carbocycles. The Hall–Kier alpha value is -2.86. The quantitative estimate of drug-likeness (QED) is 0.0480. The van der Waals surface area contributed by atoms with Gasteiger partial charge in [-0.05, 0) is 38.5 Å². The van der Waals surface area contributed by atoms with Crippen molar-refractivity contribution in [1.82, 2.24) is 25.6 Å². The van der Waals surface area contributed by atoms with Crippen LogP contribution in [0.4, 0.5) is 0 Å². The fraction of sp³-hybridized carbons (Fsp3) is 0.829. The van der Waals surface area contributed by atoms with E-state index in [0.717, 1.165) is 25.0 Å². The summed E-state index contributed by atoms with van der Waals surface area (Å²) in [7, 11) is 0. The van der Waals surface area contributed by atoms with Gasteiger partial charge in [0.1, 0.15) is 24.1 Å². The zero-order valence-corrected chi connectivity index (χ0v) is 29.3. The number of amides is 1. The number of carboxylic acids is 2. The van der Waals surface area contributed by atoms with Crippen LogP contribution in [-0.2, 0) is 32.1 Å². The van der Waals surface area contributed by atoms with Crippen LogP contribution in [0.1, 0.15) is 155 Å². The number of Topliss-reactive ketones (excluding diaryl/α,β-unsaturated/α-hetero) is 1. The van der Waals surface area contributed by atoms with Crippen LogP contribution < -0.4 is 10.6 Å². The van der Waals surface area contributed by atoms with Crippen LogP contribution in [0, 0.1) is 5.92 Å². The number of nitrogens with zero attached hydrogens (tertiary/aromatic N) is 3. The molecule has 0 radical (unpaired) electrons. The molecular weight excluding hydrogens is 602 g/mol. The molecule has 1 heterocycles. The van der Waals surface area contributed by atoms with E-state index in [0.29, 0.717) is 38.6 Å². The van der Waals surface area contributed by atoms with Crippen molar-refractivity contribution < 1.29 is 34.5 Å². The Kier molecular flexibility index (Phi) is 23.4. The molecule has 1 aromatic heterocycles. The predicted octanol–water partition coefficient (Wildman–Crippen LogP) is 5.80. The minimum atomic E-state index is -1.23. The average Bonchev–Trinajstić information content (AvgIpc) is 3.49. The van der Waals surface area contributed by atoms with Crippen LogP contribution in [0.25, 0.3) is 0 Å². The van der Waals surface area contributed by atoms with Gasteiger partial charge in [0.15, 0.2) is 0 Å². The first-order chi connectivity index (χ1) is 22.5. The molecule has 0 aromatic carbocycles. The molecule has 1 amide bonds. The zero-order chi connectivity index (χ0) is 34.9. The van der Waals surface area contributed by atoms with Crippen LogP contribution in [0.3, 0.4) is 0 Å². The largest absolute Gasteiger partial charge is 0.480 e. The van der Waals surface area contributed by atoms with Crippen LogP contribution in [0.15, 0.2) is 6.20 Å². The Morgan fingerprint density at radius 1 is 0.745 bits per heavy atom. The molecule has 0 saturated heterocycles. The molecule has 0 bridgehead atoms. The molecule has 12 heteroatoms. The van der Waals surface area contributed by atoms with Gasteiger partial charge in [-0.2, -0.15) is 0 Å². The van der Waals surface area contributed by atoms with E-state index in [4.69, 9.17) is 0 Å². The fourth-order valence-electron chi connectivity index (χ4n) is 5.47. The Labute approximate surface area is 281 Å². The number of carboxylic acid groups (broad SMARTS) is 2. The van der Waals surface area contributed by atoms with Crippen LogP contribution in [0.2, 0.25) is 0 Å². The molecule has 0 saturated carbocycles. The van der Waals surface area contributed by atoms with Crippen molar-refractivity contribution in [2.75, 3.05) is 0 Å². The first-order valence-electron chi connectivity index (χ1n) is 18.1. The molecule has 0 spiro atoms. The number of ketones is 1. The summed E-state index contributed by atoms with van der Waals surface area (Å²) < 4.78 is 1.67. The number of hydrogen-bond donors (Lipinski definition) is 5. The number of aliphatic hydroxyl groups excluding tert-OH is 1. The lowest BCUT2D eigenvalue weighted by Gasteiger charge is -2.21. The highest BCUT2D eigenvalue weighted by atomic mass is 16.4. The molecule has 0 aliphatic rings. The molecule has 47 heavy (non-hydrogen) atoms. The van der Waals surface area contributed by atoms with Crippen molar-refractivity contribution in [2.45, 2.75) is 180 Å². The first-order valence-corrected chi connectivity index (χ1v) is 18.1. The van der Waals surface area contributed by atoms with Crippen LogP contribution in [-0.4, -0.2) is 72.3 Å². The van der Waals surface area contributed by atoms with E-state index < -0.39 is 30.3 Å². The van der Waals surface area contributed by atoms with E-state index in [1.54, 1.807) is 10.9 Å². The molecular formula is C35H63N5O7. The molecule has 1 rings (SSSR count). The summed E-state index contributed by atoms with van der Waals surface area (Å²) >= 11 is 0. The number of aliphatic hydroxyl groups is 1. The normalized spacial score (nSPS) is 13.4.